The molecule has 3 heteroatoms. The van der Waals surface area contributed by atoms with Gasteiger partial charge in [-0.3, -0.25) is 0 Å². The summed E-state index contributed by atoms with van der Waals surface area (Å²) < 4.78 is 0. The Labute approximate surface area is 83.2 Å². The van der Waals surface area contributed by atoms with Crippen LogP contribution in [0.1, 0.15) is 22.3 Å². The number of benzene rings is 1. The van der Waals surface area contributed by atoms with E-state index in [9.17, 15) is 5.21 Å². The molecule has 3 nitrogen and oxygen atoms in total. The van der Waals surface area contributed by atoms with Gasteiger partial charge in [-0.05, 0) is 31.9 Å². The third-order valence-electron chi connectivity index (χ3n) is 2.36. The number of hydrogen-bond acceptors (Lipinski definition) is 1. The van der Waals surface area contributed by atoms with E-state index in [1.165, 1.54) is 0 Å². The maximum Gasteiger partial charge on any atom is 0.335 e. The first kappa shape index (κ1) is 10.1. The van der Waals surface area contributed by atoms with Crippen molar-refractivity contribution in [3.8, 4) is 6.07 Å². The van der Waals surface area contributed by atoms with Crippen LogP contribution >= 0.6 is 0 Å². The molecule has 0 amide bonds. The van der Waals surface area contributed by atoms with Crippen molar-refractivity contribution >= 4 is 5.69 Å². The molecule has 14 heavy (non-hydrogen) atoms. The summed E-state index contributed by atoms with van der Waals surface area (Å²) in [5.74, 6) is 0. The van der Waals surface area contributed by atoms with E-state index in [0.29, 0.717) is 11.3 Å². The summed E-state index contributed by atoms with van der Waals surface area (Å²) in [7, 11) is 0. The van der Waals surface area contributed by atoms with Crippen LogP contribution in [0, 0.1) is 38.6 Å². The first-order valence-corrected chi connectivity index (χ1v) is 4.18. The zero-order valence-electron chi connectivity index (χ0n) is 8.38. The largest absolute Gasteiger partial charge is 0.498 e. The van der Waals surface area contributed by atoms with Crippen LogP contribution in [0.4, 0.5) is 5.69 Å². The highest BCUT2D eigenvalue weighted by atomic mass is 16.4. The van der Waals surface area contributed by atoms with Crippen molar-refractivity contribution in [1.29, 1.82) is 0 Å². The maximum absolute atomic E-state index is 10.2. The molecule has 1 aromatic carbocycles. The third kappa shape index (κ3) is 1.53. The van der Waals surface area contributed by atoms with Crippen molar-refractivity contribution in [2.45, 2.75) is 20.8 Å². The Balaban J connectivity index is 3.60. The summed E-state index contributed by atoms with van der Waals surface area (Å²) in [5.41, 5.74) is 3.90. The van der Waals surface area contributed by atoms with Gasteiger partial charge in [0.05, 0.1) is 12.1 Å². The van der Waals surface area contributed by atoms with Gasteiger partial charge in [-0.1, -0.05) is 11.6 Å². The van der Waals surface area contributed by atoms with Crippen molar-refractivity contribution < 1.29 is 0 Å². The minimum atomic E-state index is 0.555. The molecule has 0 heterocycles. The Morgan fingerprint density at radius 2 is 1.93 bits per heavy atom. The van der Waals surface area contributed by atoms with Crippen molar-refractivity contribution in [2.24, 2.45) is 0 Å². The van der Waals surface area contributed by atoms with Crippen LogP contribution in [0.15, 0.2) is 6.07 Å². The van der Waals surface area contributed by atoms with E-state index in [2.05, 4.69) is 15.9 Å². The van der Waals surface area contributed by atoms with Gasteiger partial charge in [-0.15, -0.1) is 0 Å². The molecule has 0 fully saturated rings. The van der Waals surface area contributed by atoms with Gasteiger partial charge in [-0.25, -0.2) is 4.85 Å². The van der Waals surface area contributed by atoms with E-state index in [-0.39, 0.29) is 0 Å². The lowest BCUT2D eigenvalue weighted by atomic mass is 9.98. The molecular weight excluding hydrogens is 176 g/mol. The van der Waals surface area contributed by atoms with E-state index in [1.54, 1.807) is 6.92 Å². The average molecular weight is 186 g/mol. The Bertz CT molecular complexity index is 473. The van der Waals surface area contributed by atoms with Gasteiger partial charge in [-0.2, -0.15) is 0 Å². The number of rotatable bonds is 0. The topological polar surface area (TPSA) is 31.8 Å². The van der Waals surface area contributed by atoms with Gasteiger partial charge in [0, 0.05) is 5.01 Å². The van der Waals surface area contributed by atoms with Gasteiger partial charge in [0.2, 0.25) is 0 Å². The van der Waals surface area contributed by atoms with Crippen LogP contribution < -0.4 is 0 Å². The molecular formula is C11H10N2O. The summed E-state index contributed by atoms with van der Waals surface area (Å²) in [4.78, 5) is 3.38. The standard InChI is InChI=1S/C11H10N2O/c1-7-5-11(12-4)9(3)10(6-13-14)8(7)2/h5H,1-3H3. The van der Waals surface area contributed by atoms with Gasteiger partial charge in [0.15, 0.2) is 5.69 Å². The molecule has 0 radical (unpaired) electrons. The van der Waals surface area contributed by atoms with Gasteiger partial charge in [0.25, 0.3) is 0 Å². The molecule has 0 saturated heterocycles. The summed E-state index contributed by atoms with van der Waals surface area (Å²) >= 11 is 0. The second kappa shape index (κ2) is 3.81. The zero-order chi connectivity index (χ0) is 10.7. The predicted octanol–water partition coefficient (Wildman–Crippen LogP) is 3.34. The van der Waals surface area contributed by atoms with E-state index in [0.717, 1.165) is 16.7 Å². The highest BCUT2D eigenvalue weighted by Crippen LogP contribution is 2.27. The molecule has 0 spiro atoms. The molecule has 1 aromatic rings. The van der Waals surface area contributed by atoms with Crippen LogP contribution in [0.5, 0.6) is 0 Å². The predicted molar refractivity (Wildman–Crippen MR) is 56.6 cm³/mol. The zero-order valence-corrected chi connectivity index (χ0v) is 8.38. The number of nitrogens with zero attached hydrogens (tertiary/aromatic N) is 2. The number of hydrogen-bond donors (Lipinski definition) is 0. The van der Waals surface area contributed by atoms with E-state index in [4.69, 9.17) is 6.57 Å². The molecule has 0 unspecified atom stereocenters. The fraction of sp³-hybridized carbons (Fsp3) is 0.273. The lowest BCUT2D eigenvalue weighted by Gasteiger charge is -2.05. The Hall–Kier alpha value is -2.00. The lowest BCUT2D eigenvalue weighted by Crippen LogP contribution is -1.91. The monoisotopic (exact) mass is 186 g/mol. The molecule has 0 aliphatic rings. The minimum absolute atomic E-state index is 0.555. The van der Waals surface area contributed by atoms with Gasteiger partial charge >= 0.3 is 6.07 Å². The molecule has 0 aliphatic heterocycles. The summed E-state index contributed by atoms with van der Waals surface area (Å²) in [6.07, 6.45) is 0. The smallest absolute Gasteiger partial charge is 0.335 e. The normalized spacial score (nSPS) is 8.71. The fourth-order valence-corrected chi connectivity index (χ4v) is 1.36. The minimum Gasteiger partial charge on any atom is -0.498 e. The Kier molecular flexibility index (Phi) is 2.74. The second-order valence-corrected chi connectivity index (χ2v) is 3.15. The molecule has 0 saturated carbocycles. The SMILES string of the molecule is [C-]#[N+]c1cc(C)c(C)c(C#[N+][O-])c1C. The summed E-state index contributed by atoms with van der Waals surface area (Å²) in [6.45, 7) is 12.6. The molecule has 0 aromatic heterocycles. The van der Waals surface area contributed by atoms with E-state index < -0.39 is 0 Å². The van der Waals surface area contributed by atoms with E-state index in [1.807, 2.05) is 19.9 Å². The van der Waals surface area contributed by atoms with Crippen LogP contribution in [0.3, 0.4) is 0 Å². The lowest BCUT2D eigenvalue weighted by molar-refractivity contribution is 1.28. The first-order chi connectivity index (χ1) is 6.61. The fourth-order valence-electron chi connectivity index (χ4n) is 1.36. The van der Waals surface area contributed by atoms with Gasteiger partial charge in [0.1, 0.15) is 0 Å². The summed E-state index contributed by atoms with van der Waals surface area (Å²) in [6, 6.07) is 4.20. The van der Waals surface area contributed by atoms with Crippen molar-refractivity contribution in [2.75, 3.05) is 0 Å². The highest BCUT2D eigenvalue weighted by molar-refractivity contribution is 5.63. The van der Waals surface area contributed by atoms with Crippen LogP contribution in [0.25, 0.3) is 9.85 Å². The third-order valence-corrected chi connectivity index (χ3v) is 2.36. The summed E-state index contributed by atoms with van der Waals surface area (Å²) in [5, 5.41) is 12.8. The molecule has 0 atom stereocenters. The van der Waals surface area contributed by atoms with Crippen LogP contribution in [-0.2, 0) is 0 Å². The first-order valence-electron chi connectivity index (χ1n) is 4.18. The van der Waals surface area contributed by atoms with Crippen molar-refractivity contribution in [1.82, 2.24) is 0 Å². The van der Waals surface area contributed by atoms with E-state index >= 15 is 0 Å². The van der Waals surface area contributed by atoms with Crippen molar-refractivity contribution in [3.63, 3.8) is 0 Å². The van der Waals surface area contributed by atoms with Crippen LogP contribution in [-0.4, -0.2) is 0 Å². The molecule has 0 bridgehead atoms. The Morgan fingerprint density at radius 3 is 2.43 bits per heavy atom. The quantitative estimate of drug-likeness (QED) is 0.451. The Morgan fingerprint density at radius 1 is 1.29 bits per heavy atom. The second-order valence-electron chi connectivity index (χ2n) is 3.15. The molecule has 0 aliphatic carbocycles. The highest BCUT2D eigenvalue weighted by Gasteiger charge is 2.12. The molecule has 0 N–H and O–H groups in total. The van der Waals surface area contributed by atoms with Gasteiger partial charge < -0.3 is 5.21 Å². The molecule has 1 rings (SSSR count). The average Bonchev–Trinajstić information content (AvgIpc) is 2.18. The van der Waals surface area contributed by atoms with Crippen molar-refractivity contribution in [3.05, 3.63) is 50.0 Å². The molecule has 70 valence electrons. The maximum atomic E-state index is 10.2. The number of aryl methyl sites for hydroxylation is 1. The van der Waals surface area contributed by atoms with Crippen LogP contribution in [0.2, 0.25) is 0 Å².